The smallest absolute Gasteiger partial charge is 0.163 e. The van der Waals surface area contributed by atoms with Crippen LogP contribution in [0.4, 0.5) is 5.82 Å². The Hall–Kier alpha value is -2.58. The number of pyridine rings is 1. The predicted octanol–water partition coefficient (Wildman–Crippen LogP) is 1.81. The molecule has 0 bridgehead atoms. The van der Waals surface area contributed by atoms with Crippen molar-refractivity contribution >= 4 is 16.9 Å². The second-order valence-electron chi connectivity index (χ2n) is 6.67. The molecule has 1 atom stereocenters. The average molecular weight is 367 g/mol. The minimum Gasteiger partial charge on any atom is -0.379 e. The molecule has 1 aliphatic heterocycles. The molecule has 0 spiro atoms. The van der Waals surface area contributed by atoms with Crippen LogP contribution in [0.5, 0.6) is 0 Å². The van der Waals surface area contributed by atoms with Crippen molar-refractivity contribution in [3.63, 3.8) is 0 Å². The predicted molar refractivity (Wildman–Crippen MR) is 104 cm³/mol. The van der Waals surface area contributed by atoms with E-state index in [1.54, 1.807) is 4.68 Å². The van der Waals surface area contributed by atoms with Gasteiger partial charge in [-0.05, 0) is 17.7 Å². The van der Waals surface area contributed by atoms with Crippen molar-refractivity contribution in [1.29, 1.82) is 0 Å². The summed E-state index contributed by atoms with van der Waals surface area (Å²) < 4.78 is 7.33. The summed E-state index contributed by atoms with van der Waals surface area (Å²) in [7, 11) is 1.91. The summed E-state index contributed by atoms with van der Waals surface area (Å²) in [5.41, 5.74) is 2.10. The number of anilines is 1. The lowest BCUT2D eigenvalue weighted by Gasteiger charge is -2.35. The van der Waals surface area contributed by atoms with Crippen molar-refractivity contribution in [2.75, 3.05) is 38.2 Å². The number of hydrogen-bond donors (Lipinski definition) is 1. The third-order valence-corrected chi connectivity index (χ3v) is 4.99. The van der Waals surface area contributed by atoms with E-state index in [9.17, 15) is 0 Å². The van der Waals surface area contributed by atoms with Crippen molar-refractivity contribution in [1.82, 2.24) is 29.6 Å². The van der Waals surface area contributed by atoms with Crippen LogP contribution < -0.4 is 5.32 Å². The first-order chi connectivity index (χ1) is 13.3. The van der Waals surface area contributed by atoms with Crippen molar-refractivity contribution in [3.8, 4) is 0 Å². The van der Waals surface area contributed by atoms with Crippen molar-refractivity contribution in [2.24, 2.45) is 7.05 Å². The summed E-state index contributed by atoms with van der Waals surface area (Å²) >= 11 is 0. The van der Waals surface area contributed by atoms with E-state index in [-0.39, 0.29) is 6.04 Å². The molecule has 8 heteroatoms. The lowest BCUT2D eigenvalue weighted by atomic mass is 10.1. The van der Waals surface area contributed by atoms with Crippen LogP contribution in [0.2, 0.25) is 0 Å². The van der Waals surface area contributed by atoms with E-state index < -0.39 is 0 Å². The largest absolute Gasteiger partial charge is 0.379 e. The zero-order valence-corrected chi connectivity index (χ0v) is 15.8. The maximum absolute atomic E-state index is 5.53. The molecule has 4 heterocycles. The highest BCUT2D eigenvalue weighted by atomic mass is 16.5. The third kappa shape index (κ3) is 3.77. The van der Waals surface area contributed by atoms with Gasteiger partial charge in [0.1, 0.15) is 11.6 Å². The van der Waals surface area contributed by atoms with Gasteiger partial charge >= 0.3 is 0 Å². The van der Waals surface area contributed by atoms with Crippen LogP contribution in [0, 0.1) is 0 Å². The van der Waals surface area contributed by atoms with E-state index >= 15 is 0 Å². The highest BCUT2D eigenvalue weighted by Crippen LogP contribution is 2.24. The fourth-order valence-corrected chi connectivity index (χ4v) is 3.49. The van der Waals surface area contributed by atoms with Gasteiger partial charge in [0.15, 0.2) is 5.65 Å². The number of ether oxygens (including phenoxy) is 1. The molecule has 27 heavy (non-hydrogen) atoms. The zero-order chi connectivity index (χ0) is 18.6. The van der Waals surface area contributed by atoms with Gasteiger partial charge in [0, 0.05) is 45.5 Å². The number of nitrogens with zero attached hydrogens (tertiary/aromatic N) is 6. The molecule has 1 N–H and O–H groups in total. The van der Waals surface area contributed by atoms with E-state index in [2.05, 4.69) is 44.3 Å². The van der Waals surface area contributed by atoms with E-state index in [4.69, 9.17) is 9.72 Å². The van der Waals surface area contributed by atoms with Gasteiger partial charge in [-0.1, -0.05) is 6.92 Å². The first-order valence-corrected chi connectivity index (χ1v) is 9.40. The second kappa shape index (κ2) is 7.98. The van der Waals surface area contributed by atoms with Crippen molar-refractivity contribution < 1.29 is 4.74 Å². The van der Waals surface area contributed by atoms with Gasteiger partial charge < -0.3 is 10.1 Å². The number of aromatic nitrogens is 5. The number of hydrogen-bond acceptors (Lipinski definition) is 7. The van der Waals surface area contributed by atoms with Crippen LogP contribution in [0.1, 0.15) is 24.4 Å². The van der Waals surface area contributed by atoms with Crippen LogP contribution >= 0.6 is 0 Å². The van der Waals surface area contributed by atoms with Gasteiger partial charge in [0.25, 0.3) is 0 Å². The number of nitrogens with one attached hydrogen (secondary N) is 1. The first-order valence-electron chi connectivity index (χ1n) is 9.40. The quantitative estimate of drug-likeness (QED) is 0.711. The Bertz CT molecular complexity index is 890. The summed E-state index contributed by atoms with van der Waals surface area (Å²) in [6, 6.07) is 4.39. The fourth-order valence-electron chi connectivity index (χ4n) is 3.49. The lowest BCUT2D eigenvalue weighted by Crippen LogP contribution is -2.41. The molecular formula is C19H25N7O. The van der Waals surface area contributed by atoms with Crippen molar-refractivity contribution in [3.05, 3.63) is 42.1 Å². The molecule has 0 radical (unpaired) electrons. The molecule has 0 amide bonds. The summed E-state index contributed by atoms with van der Waals surface area (Å²) in [6.45, 7) is 6.18. The standard InChI is InChI=1S/C19H25N7O/c1-3-17-23-18(15-12-22-25(2)19(15)24-17)21-13-16(14-4-6-20-7-5-14)26-8-10-27-11-9-26/h4-7,12,16H,3,8-11,13H2,1-2H3,(H,21,23,24)/t16-/m1/s1. The second-order valence-corrected chi connectivity index (χ2v) is 6.67. The first kappa shape index (κ1) is 17.8. The van der Waals surface area contributed by atoms with Crippen LogP contribution in [0.15, 0.2) is 30.7 Å². The fraction of sp³-hybridized carbons (Fsp3) is 0.474. The molecular weight excluding hydrogens is 342 g/mol. The number of rotatable bonds is 6. The summed E-state index contributed by atoms with van der Waals surface area (Å²) in [4.78, 5) is 15.9. The molecule has 1 fully saturated rings. The molecule has 4 rings (SSSR count). The van der Waals surface area contributed by atoms with Gasteiger partial charge in [-0.2, -0.15) is 5.10 Å². The topological polar surface area (TPSA) is 81.0 Å². The Morgan fingerprint density at radius 1 is 1.19 bits per heavy atom. The Kier molecular flexibility index (Phi) is 5.26. The van der Waals surface area contributed by atoms with Gasteiger partial charge in [-0.3, -0.25) is 14.6 Å². The minimum atomic E-state index is 0.226. The van der Waals surface area contributed by atoms with Gasteiger partial charge in [-0.25, -0.2) is 9.97 Å². The van der Waals surface area contributed by atoms with Crippen LogP contribution in [0.3, 0.4) is 0 Å². The molecule has 3 aromatic heterocycles. The molecule has 0 saturated carbocycles. The third-order valence-electron chi connectivity index (χ3n) is 4.99. The molecule has 1 saturated heterocycles. The Labute approximate surface area is 158 Å². The monoisotopic (exact) mass is 367 g/mol. The Morgan fingerprint density at radius 2 is 1.96 bits per heavy atom. The maximum Gasteiger partial charge on any atom is 0.163 e. The summed E-state index contributed by atoms with van der Waals surface area (Å²) in [6.07, 6.45) is 6.31. The number of fused-ring (bicyclic) bond motifs is 1. The van der Waals surface area contributed by atoms with Gasteiger partial charge in [0.05, 0.1) is 30.8 Å². The molecule has 8 nitrogen and oxygen atoms in total. The SMILES string of the molecule is CCc1nc(NC[C@H](c2ccncc2)N2CCOCC2)c2cnn(C)c2n1. The summed E-state index contributed by atoms with van der Waals surface area (Å²) in [5, 5.41) is 8.86. The van der Waals surface area contributed by atoms with E-state index in [0.717, 1.165) is 61.9 Å². The lowest BCUT2D eigenvalue weighted by molar-refractivity contribution is 0.0187. The Morgan fingerprint density at radius 3 is 2.70 bits per heavy atom. The minimum absolute atomic E-state index is 0.226. The Balaban J connectivity index is 1.61. The van der Waals surface area contributed by atoms with Gasteiger partial charge in [0.2, 0.25) is 0 Å². The molecule has 0 unspecified atom stereocenters. The normalized spacial score (nSPS) is 16.5. The average Bonchev–Trinajstić information content (AvgIpc) is 3.10. The van der Waals surface area contributed by atoms with Crippen LogP contribution in [-0.2, 0) is 18.2 Å². The highest BCUT2D eigenvalue weighted by molar-refractivity contribution is 5.86. The van der Waals surface area contributed by atoms with Crippen molar-refractivity contribution in [2.45, 2.75) is 19.4 Å². The molecule has 0 aromatic carbocycles. The highest BCUT2D eigenvalue weighted by Gasteiger charge is 2.23. The number of aryl methyl sites for hydroxylation is 2. The number of morpholine rings is 1. The zero-order valence-electron chi connectivity index (χ0n) is 15.8. The molecule has 3 aromatic rings. The summed E-state index contributed by atoms with van der Waals surface area (Å²) in [5.74, 6) is 1.66. The maximum atomic E-state index is 5.53. The van der Waals surface area contributed by atoms with Gasteiger partial charge in [-0.15, -0.1) is 0 Å². The van der Waals surface area contributed by atoms with Crippen LogP contribution in [0.25, 0.3) is 11.0 Å². The van der Waals surface area contributed by atoms with E-state index in [0.29, 0.717) is 0 Å². The van der Waals surface area contributed by atoms with E-state index in [1.807, 2.05) is 25.6 Å². The van der Waals surface area contributed by atoms with E-state index in [1.165, 1.54) is 5.56 Å². The van der Waals surface area contributed by atoms with Crippen LogP contribution in [-0.4, -0.2) is 62.5 Å². The molecule has 0 aliphatic carbocycles. The molecule has 142 valence electrons. The molecule has 1 aliphatic rings.